The average molecular weight is 180 g/mol. The second-order valence-corrected chi connectivity index (χ2v) is 3.00. The molecule has 0 aromatic heterocycles. The molecule has 12 heavy (non-hydrogen) atoms. The van der Waals surface area contributed by atoms with E-state index in [0.29, 0.717) is 0 Å². The van der Waals surface area contributed by atoms with Gasteiger partial charge in [0.15, 0.2) is 0 Å². The molecule has 0 heterocycles. The minimum Gasteiger partial charge on any atom is -0.314 e. The number of halogens is 3. The predicted molar refractivity (Wildman–Crippen MR) is 38.1 cm³/mol. The summed E-state index contributed by atoms with van der Waals surface area (Å²) in [6.45, 7) is 1.42. The van der Waals surface area contributed by atoms with Gasteiger partial charge in [-0.05, 0) is 19.8 Å². The smallest absolute Gasteiger partial charge is 0.314 e. The van der Waals surface area contributed by atoms with E-state index < -0.39 is 18.1 Å². The number of hydrogen-bond acceptors (Lipinski definition) is 2. The Bertz CT molecular complexity index is 178. The molecule has 70 valence electrons. The van der Waals surface area contributed by atoms with Gasteiger partial charge in [-0.15, -0.1) is 0 Å². The van der Waals surface area contributed by atoms with Crippen molar-refractivity contribution in [2.75, 3.05) is 0 Å². The van der Waals surface area contributed by atoms with Gasteiger partial charge < -0.3 is 5.73 Å². The van der Waals surface area contributed by atoms with E-state index in [-0.39, 0.29) is 12.8 Å². The third-order valence-corrected chi connectivity index (χ3v) is 1.41. The van der Waals surface area contributed by atoms with Crippen molar-refractivity contribution in [3.8, 4) is 6.07 Å². The van der Waals surface area contributed by atoms with Crippen LogP contribution in [0.25, 0.3) is 0 Å². The lowest BCUT2D eigenvalue weighted by Crippen LogP contribution is -2.34. The summed E-state index contributed by atoms with van der Waals surface area (Å²) in [7, 11) is 0. The van der Waals surface area contributed by atoms with Gasteiger partial charge in [0.1, 0.15) is 5.54 Å². The molecule has 2 N–H and O–H groups in total. The Labute approximate surface area is 69.2 Å². The van der Waals surface area contributed by atoms with Crippen molar-refractivity contribution in [3.05, 3.63) is 0 Å². The Morgan fingerprint density at radius 1 is 1.33 bits per heavy atom. The number of nitrogens with two attached hydrogens (primary N) is 1. The van der Waals surface area contributed by atoms with E-state index >= 15 is 0 Å². The SMILES string of the molecule is CC(N)(C#N)CCCC(F)(F)F. The molecule has 0 aliphatic carbocycles. The first-order valence-corrected chi connectivity index (χ1v) is 3.54. The lowest BCUT2D eigenvalue weighted by atomic mass is 9.98. The van der Waals surface area contributed by atoms with E-state index in [9.17, 15) is 13.2 Å². The van der Waals surface area contributed by atoms with Crippen LogP contribution in [0.5, 0.6) is 0 Å². The highest BCUT2D eigenvalue weighted by Crippen LogP contribution is 2.23. The highest BCUT2D eigenvalue weighted by Gasteiger charge is 2.28. The summed E-state index contributed by atoms with van der Waals surface area (Å²) in [5.74, 6) is 0. The van der Waals surface area contributed by atoms with E-state index in [4.69, 9.17) is 11.0 Å². The van der Waals surface area contributed by atoms with Crippen molar-refractivity contribution in [3.63, 3.8) is 0 Å². The minimum absolute atomic E-state index is 0.0724. The van der Waals surface area contributed by atoms with Gasteiger partial charge in [0.25, 0.3) is 0 Å². The van der Waals surface area contributed by atoms with Gasteiger partial charge in [-0.2, -0.15) is 18.4 Å². The number of rotatable bonds is 3. The van der Waals surface area contributed by atoms with Crippen LogP contribution in [0.4, 0.5) is 13.2 Å². The first kappa shape index (κ1) is 11.2. The molecule has 1 atom stereocenters. The Hall–Kier alpha value is -0.760. The number of nitrogens with zero attached hydrogens (tertiary/aromatic N) is 1. The molecule has 1 unspecified atom stereocenters. The fourth-order valence-electron chi connectivity index (χ4n) is 0.712. The van der Waals surface area contributed by atoms with Crippen LogP contribution in [0.2, 0.25) is 0 Å². The Morgan fingerprint density at radius 2 is 1.83 bits per heavy atom. The molecule has 0 aromatic carbocycles. The molecular weight excluding hydrogens is 169 g/mol. The third-order valence-electron chi connectivity index (χ3n) is 1.41. The van der Waals surface area contributed by atoms with Crippen LogP contribution in [0.15, 0.2) is 0 Å². The van der Waals surface area contributed by atoms with Crippen molar-refractivity contribution in [1.29, 1.82) is 5.26 Å². The van der Waals surface area contributed by atoms with E-state index in [1.165, 1.54) is 6.92 Å². The van der Waals surface area contributed by atoms with Crippen LogP contribution in [-0.2, 0) is 0 Å². The molecule has 0 rings (SSSR count). The highest BCUT2D eigenvalue weighted by molar-refractivity contribution is 5.00. The number of hydrogen-bond donors (Lipinski definition) is 1. The van der Waals surface area contributed by atoms with Gasteiger partial charge in [-0.25, -0.2) is 0 Å². The summed E-state index contributed by atoms with van der Waals surface area (Å²) < 4.78 is 34.8. The summed E-state index contributed by atoms with van der Waals surface area (Å²) >= 11 is 0. The van der Waals surface area contributed by atoms with Crippen LogP contribution in [0.1, 0.15) is 26.2 Å². The first-order valence-electron chi connectivity index (χ1n) is 3.54. The van der Waals surface area contributed by atoms with E-state index in [1.807, 2.05) is 0 Å². The molecule has 0 bridgehead atoms. The van der Waals surface area contributed by atoms with Crippen LogP contribution >= 0.6 is 0 Å². The van der Waals surface area contributed by atoms with Crippen molar-refractivity contribution in [1.82, 2.24) is 0 Å². The zero-order valence-corrected chi connectivity index (χ0v) is 6.78. The summed E-state index contributed by atoms with van der Waals surface area (Å²) in [6, 6.07) is 1.74. The number of nitriles is 1. The molecule has 0 aliphatic rings. The Balaban J connectivity index is 3.66. The molecule has 2 nitrogen and oxygen atoms in total. The van der Waals surface area contributed by atoms with E-state index in [2.05, 4.69) is 0 Å². The summed E-state index contributed by atoms with van der Waals surface area (Å²) in [6.07, 6.45) is -5.04. The molecule has 0 amide bonds. The van der Waals surface area contributed by atoms with Crippen LogP contribution in [0.3, 0.4) is 0 Å². The molecule has 0 saturated carbocycles. The van der Waals surface area contributed by atoms with Crippen molar-refractivity contribution in [2.45, 2.75) is 37.9 Å². The molecule has 0 radical (unpaired) electrons. The lowest BCUT2D eigenvalue weighted by Gasteiger charge is -2.15. The molecular formula is C7H11F3N2. The van der Waals surface area contributed by atoms with Crippen LogP contribution in [0, 0.1) is 11.3 Å². The molecule has 0 spiro atoms. The fourth-order valence-corrected chi connectivity index (χ4v) is 0.712. The molecule has 0 saturated heterocycles. The zero-order chi connectivity index (χ0) is 9.83. The topological polar surface area (TPSA) is 49.8 Å². The van der Waals surface area contributed by atoms with Gasteiger partial charge in [0, 0.05) is 6.42 Å². The molecule has 0 fully saturated rings. The second kappa shape index (κ2) is 3.76. The van der Waals surface area contributed by atoms with Gasteiger partial charge in [0.2, 0.25) is 0 Å². The van der Waals surface area contributed by atoms with Crippen molar-refractivity contribution < 1.29 is 13.2 Å². The fraction of sp³-hybridized carbons (Fsp3) is 0.857. The normalized spacial score (nSPS) is 16.7. The molecule has 0 aromatic rings. The highest BCUT2D eigenvalue weighted by atomic mass is 19.4. The van der Waals surface area contributed by atoms with Gasteiger partial charge in [0.05, 0.1) is 6.07 Å². The van der Waals surface area contributed by atoms with Crippen molar-refractivity contribution >= 4 is 0 Å². The number of alkyl halides is 3. The first-order chi connectivity index (χ1) is 5.27. The summed E-state index contributed by atoms with van der Waals surface area (Å²) in [4.78, 5) is 0. The minimum atomic E-state index is -4.15. The monoisotopic (exact) mass is 180 g/mol. The predicted octanol–water partition coefficient (Wildman–Crippen LogP) is 1.96. The van der Waals surface area contributed by atoms with Gasteiger partial charge in [-0.1, -0.05) is 0 Å². The third kappa shape index (κ3) is 5.98. The van der Waals surface area contributed by atoms with Crippen molar-refractivity contribution in [2.24, 2.45) is 5.73 Å². The van der Waals surface area contributed by atoms with Crippen LogP contribution in [-0.4, -0.2) is 11.7 Å². The zero-order valence-electron chi connectivity index (χ0n) is 6.78. The quantitative estimate of drug-likeness (QED) is 0.721. The van der Waals surface area contributed by atoms with E-state index in [1.54, 1.807) is 6.07 Å². The lowest BCUT2D eigenvalue weighted by molar-refractivity contribution is -0.135. The standard InChI is InChI=1S/C7H11F3N2/c1-6(12,5-11)3-2-4-7(8,9)10/h2-4,12H2,1H3. The maximum absolute atomic E-state index is 11.6. The second-order valence-electron chi connectivity index (χ2n) is 3.00. The maximum Gasteiger partial charge on any atom is 0.389 e. The van der Waals surface area contributed by atoms with Crippen LogP contribution < -0.4 is 5.73 Å². The Kier molecular flexibility index (Phi) is 3.53. The maximum atomic E-state index is 11.6. The summed E-state index contributed by atoms with van der Waals surface area (Å²) in [5, 5.41) is 8.37. The van der Waals surface area contributed by atoms with Gasteiger partial charge >= 0.3 is 6.18 Å². The Morgan fingerprint density at radius 3 is 2.17 bits per heavy atom. The molecule has 0 aliphatic heterocycles. The molecule has 5 heteroatoms. The largest absolute Gasteiger partial charge is 0.389 e. The van der Waals surface area contributed by atoms with Gasteiger partial charge in [-0.3, -0.25) is 0 Å². The summed E-state index contributed by atoms with van der Waals surface area (Å²) in [5.41, 5.74) is 4.18. The van der Waals surface area contributed by atoms with E-state index in [0.717, 1.165) is 0 Å². The average Bonchev–Trinajstić information content (AvgIpc) is 1.84.